The largest absolute Gasteiger partial charge is 0.496 e. The minimum atomic E-state index is -5.28. The van der Waals surface area contributed by atoms with Crippen LogP contribution in [-0.2, 0) is 20.9 Å². The number of nitrogens with one attached hydrogen (secondary N) is 2. The Morgan fingerprint density at radius 2 is 1.73 bits per heavy atom. The number of ether oxygens (including phenoxy) is 2. The first-order valence-corrected chi connectivity index (χ1v) is 15.4. The van der Waals surface area contributed by atoms with Crippen LogP contribution in [0.15, 0.2) is 47.4 Å². The smallest absolute Gasteiger partial charge is 0.491 e. The number of unbranched alkanes of at least 4 members (excludes halogenated alkanes) is 2. The monoisotopic (exact) mass is 600 g/mol. The molecule has 12 heteroatoms. The molecule has 0 aliphatic carbocycles. The number of benzene rings is 2. The number of carbonyl (C=O) groups is 2. The Labute approximate surface area is 240 Å². The van der Waals surface area contributed by atoms with Crippen molar-refractivity contribution >= 4 is 22.5 Å². The highest BCUT2D eigenvalue weighted by Gasteiger charge is 2.44. The zero-order chi connectivity index (χ0) is 30.3. The first-order valence-electron chi connectivity index (χ1n) is 13.7. The van der Waals surface area contributed by atoms with E-state index >= 15 is 0 Å². The van der Waals surface area contributed by atoms with Gasteiger partial charge >= 0.3 is 18.1 Å². The average molecular weight is 601 g/mol. The van der Waals surface area contributed by atoms with Crippen LogP contribution >= 0.6 is 10.6 Å². The summed E-state index contributed by atoms with van der Waals surface area (Å²) in [5, 5.41) is 6.49. The van der Waals surface area contributed by atoms with Crippen molar-refractivity contribution in [3.8, 4) is 5.75 Å². The van der Waals surface area contributed by atoms with Gasteiger partial charge in [-0.25, -0.2) is 4.79 Å². The maximum atomic E-state index is 12.4. The Balaban J connectivity index is 2.00. The minimum absolute atomic E-state index is 0.0679. The lowest BCUT2D eigenvalue weighted by atomic mass is 9.86. The van der Waals surface area contributed by atoms with Crippen LogP contribution < -0.4 is 15.4 Å². The number of carbonyl (C=O) groups excluding carboxylic acids is 2. The van der Waals surface area contributed by atoms with Gasteiger partial charge in [0.25, 0.3) is 0 Å². The molecule has 1 atom stereocenters. The van der Waals surface area contributed by atoms with Crippen molar-refractivity contribution in [3.63, 3.8) is 0 Å². The van der Waals surface area contributed by atoms with Gasteiger partial charge in [0.1, 0.15) is 5.75 Å². The van der Waals surface area contributed by atoms with Gasteiger partial charge in [-0.2, -0.15) is 23.8 Å². The molecule has 1 heterocycles. The molecule has 41 heavy (non-hydrogen) atoms. The molecule has 2 aromatic rings. The van der Waals surface area contributed by atoms with E-state index in [1.807, 2.05) is 30.3 Å². The Morgan fingerprint density at radius 1 is 1.10 bits per heavy atom. The van der Waals surface area contributed by atoms with E-state index in [4.69, 9.17) is 4.74 Å². The van der Waals surface area contributed by atoms with Gasteiger partial charge in [0.15, 0.2) is 0 Å². The molecule has 0 spiro atoms. The van der Waals surface area contributed by atoms with Crippen LogP contribution in [0.5, 0.6) is 5.75 Å². The second-order valence-corrected chi connectivity index (χ2v) is 12.4. The molecule has 0 saturated heterocycles. The summed E-state index contributed by atoms with van der Waals surface area (Å²) in [5.74, 6) is -3.46. The summed E-state index contributed by atoms with van der Waals surface area (Å²) >= 11 is 0. The molecule has 0 amide bonds. The summed E-state index contributed by atoms with van der Waals surface area (Å²) in [6.07, 6.45) is -0.0131. The second kappa shape index (κ2) is 14.0. The molecule has 1 unspecified atom stereocenters. The molecule has 2 aromatic carbocycles. The summed E-state index contributed by atoms with van der Waals surface area (Å²) in [6.45, 7) is 3.46. The van der Waals surface area contributed by atoms with Gasteiger partial charge in [0.05, 0.1) is 30.3 Å². The minimum Gasteiger partial charge on any atom is -0.496 e. The van der Waals surface area contributed by atoms with Crippen molar-refractivity contribution in [3.05, 3.63) is 59.2 Å². The average Bonchev–Trinajstić information content (AvgIpc) is 3.02. The predicted molar refractivity (Wildman–Crippen MR) is 151 cm³/mol. The van der Waals surface area contributed by atoms with Crippen LogP contribution in [0.4, 0.5) is 13.2 Å². The van der Waals surface area contributed by atoms with Crippen molar-refractivity contribution in [1.29, 1.82) is 0 Å². The SMILES string of the molecule is CCCCC1(CCCC)CS(O)(O)c2cc(CNCC(=O)OC(=O)C(F)(F)F)c(OC)cc2C(c2ccccc2)N1. The molecule has 0 bridgehead atoms. The number of esters is 2. The molecule has 0 radical (unpaired) electrons. The third-order valence-corrected chi connectivity index (χ3v) is 9.19. The fourth-order valence-electron chi connectivity index (χ4n) is 5.19. The molecule has 0 fully saturated rings. The highest BCUT2D eigenvalue weighted by molar-refractivity contribution is 8.24. The van der Waals surface area contributed by atoms with E-state index in [0.29, 0.717) is 21.8 Å². The van der Waals surface area contributed by atoms with Gasteiger partial charge in [-0.15, -0.1) is 0 Å². The number of alkyl halides is 3. The van der Waals surface area contributed by atoms with E-state index < -0.39 is 40.8 Å². The number of halogens is 3. The zero-order valence-corrected chi connectivity index (χ0v) is 24.4. The van der Waals surface area contributed by atoms with Crippen LogP contribution in [0, 0.1) is 0 Å². The van der Waals surface area contributed by atoms with Crippen molar-refractivity contribution in [2.75, 3.05) is 19.4 Å². The predicted octanol–water partition coefficient (Wildman–Crippen LogP) is 6.34. The Hall–Kier alpha value is -2.64. The topological polar surface area (TPSA) is 117 Å². The van der Waals surface area contributed by atoms with Gasteiger partial charge in [-0.3, -0.25) is 19.2 Å². The summed E-state index contributed by atoms with van der Waals surface area (Å²) in [7, 11) is -1.86. The van der Waals surface area contributed by atoms with E-state index in [0.717, 1.165) is 44.1 Å². The number of methoxy groups -OCH3 is 1. The second-order valence-electron chi connectivity index (χ2n) is 10.4. The highest BCUT2D eigenvalue weighted by Crippen LogP contribution is 2.58. The highest BCUT2D eigenvalue weighted by atomic mass is 32.3. The number of rotatable bonds is 12. The fraction of sp³-hybridized carbons (Fsp3) is 0.517. The molecule has 0 saturated carbocycles. The molecular weight excluding hydrogens is 561 g/mol. The number of hydrogen-bond donors (Lipinski definition) is 4. The molecule has 8 nitrogen and oxygen atoms in total. The maximum absolute atomic E-state index is 12.4. The lowest BCUT2D eigenvalue weighted by Gasteiger charge is -2.42. The van der Waals surface area contributed by atoms with Gasteiger partial charge in [0.2, 0.25) is 0 Å². The standard InChI is InChI=1S/C29H39F3N2O6S/c1-4-6-13-28(14-7-5-2)19-41(37,38)24-15-21(17-33-18-25(35)40-27(36)29(30,31)32)23(39-3)16-22(24)26(34-28)20-11-9-8-10-12-20/h8-12,15-16,26,33-34,37-38H,4-7,13-14,17-19H2,1-3H3. The van der Waals surface area contributed by atoms with Gasteiger partial charge in [-0.1, -0.05) is 69.9 Å². The molecule has 4 N–H and O–H groups in total. The molecule has 3 rings (SSSR count). The van der Waals surface area contributed by atoms with Crippen LogP contribution in [0.25, 0.3) is 0 Å². The lowest BCUT2D eigenvalue weighted by Crippen LogP contribution is -2.50. The van der Waals surface area contributed by atoms with Gasteiger partial charge < -0.3 is 14.8 Å². The first kappa shape index (κ1) is 32.9. The Morgan fingerprint density at radius 3 is 2.29 bits per heavy atom. The summed E-state index contributed by atoms with van der Waals surface area (Å²) < 4.78 is 70.0. The fourth-order valence-corrected chi connectivity index (χ4v) is 7.38. The first-order chi connectivity index (χ1) is 19.4. The van der Waals surface area contributed by atoms with E-state index in [1.54, 1.807) is 12.1 Å². The number of hydrogen-bond acceptors (Lipinski definition) is 8. The van der Waals surface area contributed by atoms with Gasteiger partial charge in [-0.05, 0) is 30.5 Å². The van der Waals surface area contributed by atoms with Crippen LogP contribution in [0.3, 0.4) is 0 Å². The lowest BCUT2D eigenvalue weighted by molar-refractivity contribution is -0.201. The van der Waals surface area contributed by atoms with E-state index in [1.165, 1.54) is 7.11 Å². The molecule has 1 aliphatic heterocycles. The molecular formula is C29H39F3N2O6S. The quantitative estimate of drug-likeness (QED) is 0.165. The number of fused-ring (bicyclic) bond motifs is 1. The summed E-state index contributed by atoms with van der Waals surface area (Å²) in [4.78, 5) is 23.0. The third-order valence-electron chi connectivity index (χ3n) is 7.18. The normalized spacial score (nSPS) is 18.6. The maximum Gasteiger partial charge on any atom is 0.491 e. The van der Waals surface area contributed by atoms with Crippen molar-refractivity contribution in [1.82, 2.24) is 10.6 Å². The van der Waals surface area contributed by atoms with Crippen molar-refractivity contribution in [2.45, 2.75) is 81.6 Å². The summed E-state index contributed by atoms with van der Waals surface area (Å²) in [5.41, 5.74) is 1.53. The van der Waals surface area contributed by atoms with E-state index in [-0.39, 0.29) is 18.3 Å². The Bertz CT molecular complexity index is 1190. The van der Waals surface area contributed by atoms with Gasteiger partial charge in [0, 0.05) is 23.2 Å². The molecule has 0 aromatic heterocycles. The van der Waals surface area contributed by atoms with Crippen LogP contribution in [0.1, 0.15) is 75.1 Å². The van der Waals surface area contributed by atoms with Crippen LogP contribution in [0.2, 0.25) is 0 Å². The van der Waals surface area contributed by atoms with E-state index in [2.05, 4.69) is 29.2 Å². The zero-order valence-electron chi connectivity index (χ0n) is 23.6. The van der Waals surface area contributed by atoms with Crippen molar-refractivity contribution in [2.24, 2.45) is 0 Å². The molecule has 1 aliphatic rings. The molecule has 228 valence electrons. The van der Waals surface area contributed by atoms with Crippen LogP contribution in [-0.4, -0.2) is 52.2 Å². The summed E-state index contributed by atoms with van der Waals surface area (Å²) in [6, 6.07) is 12.7. The van der Waals surface area contributed by atoms with Crippen molar-refractivity contribution < 1.29 is 41.3 Å². The third kappa shape index (κ3) is 8.45. The van der Waals surface area contributed by atoms with E-state index in [9.17, 15) is 31.9 Å². The Kier molecular flexibility index (Phi) is 11.2.